The van der Waals surface area contributed by atoms with E-state index in [0.29, 0.717) is 17.5 Å². The Balaban J connectivity index is 1.91. The van der Waals surface area contributed by atoms with E-state index in [1.54, 1.807) is 26.8 Å². The quantitative estimate of drug-likeness (QED) is 0.387. The highest BCUT2D eigenvalue weighted by atomic mass is 19.3. The van der Waals surface area contributed by atoms with Gasteiger partial charge in [0.15, 0.2) is 0 Å². The number of amides is 2. The number of alkyl halides is 2. The van der Waals surface area contributed by atoms with Crippen LogP contribution in [0, 0.1) is 0 Å². The number of carboxylic acid groups (broad SMARTS) is 1. The van der Waals surface area contributed by atoms with Crippen molar-refractivity contribution in [3.05, 3.63) is 68.6 Å². The largest absolute Gasteiger partial charge is 0.464 e. The summed E-state index contributed by atoms with van der Waals surface area (Å²) in [6.45, 7) is 11.7. The number of halogens is 2. The number of rotatable bonds is 6. The molecule has 2 aromatic rings. The van der Waals surface area contributed by atoms with E-state index in [-0.39, 0.29) is 30.0 Å². The molecule has 0 spiro atoms. The number of carbonyl (C=O) groups is 3. The normalized spacial score (nSPS) is 18.7. The van der Waals surface area contributed by atoms with Gasteiger partial charge in [-0.1, -0.05) is 45.0 Å². The van der Waals surface area contributed by atoms with Crippen molar-refractivity contribution >= 4 is 18.1 Å². The molecule has 1 N–H and O–H groups in total. The minimum atomic E-state index is -3.09. The molecule has 1 unspecified atom stereocenters. The van der Waals surface area contributed by atoms with Gasteiger partial charge in [-0.3, -0.25) is 9.59 Å². The number of ether oxygens (including phenoxy) is 1. The first kappa shape index (κ1) is 31.4. The van der Waals surface area contributed by atoms with Crippen LogP contribution in [-0.4, -0.2) is 44.3 Å². The van der Waals surface area contributed by atoms with Crippen LogP contribution in [-0.2, 0) is 20.9 Å². The smallest absolute Gasteiger partial charge is 0.418 e. The minimum absolute atomic E-state index is 0.0222. The lowest BCUT2D eigenvalue weighted by Crippen LogP contribution is -2.43. The average molecular weight is 587 g/mol. The van der Waals surface area contributed by atoms with Gasteiger partial charge in [-0.05, 0) is 75.0 Å². The Bertz CT molecular complexity index is 1440. The zero-order valence-corrected chi connectivity index (χ0v) is 25.3. The van der Waals surface area contributed by atoms with Crippen molar-refractivity contribution in [2.75, 3.05) is 0 Å². The maximum atomic E-state index is 14.1. The molecule has 2 fully saturated rings. The average Bonchev–Trinajstić information content (AvgIpc) is 3.61. The van der Waals surface area contributed by atoms with Crippen molar-refractivity contribution in [1.82, 2.24) is 9.47 Å². The second kappa shape index (κ2) is 10.9. The van der Waals surface area contributed by atoms with Gasteiger partial charge in [0.2, 0.25) is 5.91 Å². The van der Waals surface area contributed by atoms with Crippen LogP contribution in [0.25, 0.3) is 0 Å². The van der Waals surface area contributed by atoms with Crippen molar-refractivity contribution in [2.24, 2.45) is 0 Å². The molecule has 228 valence electrons. The van der Waals surface area contributed by atoms with Gasteiger partial charge < -0.3 is 9.84 Å². The van der Waals surface area contributed by atoms with E-state index >= 15 is 0 Å². The third kappa shape index (κ3) is 6.57. The summed E-state index contributed by atoms with van der Waals surface area (Å²) in [5.74, 6) is -4.34. The molecule has 0 radical (unpaired) electrons. The summed E-state index contributed by atoms with van der Waals surface area (Å²) < 4.78 is 34.4. The molecule has 1 aliphatic heterocycles. The van der Waals surface area contributed by atoms with E-state index in [2.05, 4.69) is 0 Å². The molecule has 8 nitrogen and oxygen atoms in total. The third-order valence-corrected chi connectivity index (χ3v) is 7.86. The van der Waals surface area contributed by atoms with Crippen LogP contribution in [0.1, 0.15) is 120 Å². The first-order valence-electron chi connectivity index (χ1n) is 14.4. The van der Waals surface area contributed by atoms with Crippen molar-refractivity contribution < 1.29 is 33.0 Å². The molecule has 0 bridgehead atoms. The number of nitrogens with zero attached hydrogens (tertiary/aromatic N) is 2. The van der Waals surface area contributed by atoms with Crippen molar-refractivity contribution in [3.8, 4) is 0 Å². The van der Waals surface area contributed by atoms with Crippen molar-refractivity contribution in [1.29, 1.82) is 0 Å². The molecule has 1 saturated carbocycles. The van der Waals surface area contributed by atoms with Gasteiger partial charge in [0.25, 0.3) is 11.5 Å². The minimum Gasteiger partial charge on any atom is -0.464 e. The zero-order valence-electron chi connectivity index (χ0n) is 25.3. The highest BCUT2D eigenvalue weighted by Crippen LogP contribution is 2.44. The SMILES string of the molecule is CC(C)(C)OC(=O)N1C(=O)CCC1C[C@H](c1ccc(C(C)(F)F)cc1)c1cc(C(C)(C)C)c(C2CC2)c(=O)n1C(=O)O. The Hall–Kier alpha value is -3.56. The van der Waals surface area contributed by atoms with Crippen LogP contribution in [0.2, 0.25) is 0 Å². The van der Waals surface area contributed by atoms with Crippen LogP contribution in [0.3, 0.4) is 0 Å². The molecule has 1 saturated heterocycles. The van der Waals surface area contributed by atoms with Crippen molar-refractivity contribution in [2.45, 2.75) is 115 Å². The van der Waals surface area contributed by atoms with E-state index < -0.39 is 52.6 Å². The maximum Gasteiger partial charge on any atom is 0.418 e. The number of imide groups is 1. The summed E-state index contributed by atoms with van der Waals surface area (Å²) in [6.07, 6.45) is -0.188. The maximum absolute atomic E-state index is 14.1. The Kier molecular flexibility index (Phi) is 8.17. The first-order valence-corrected chi connectivity index (χ1v) is 14.4. The number of carbonyl (C=O) groups excluding carboxylic acids is 2. The second-order valence-corrected chi connectivity index (χ2v) is 13.6. The predicted octanol–water partition coefficient (Wildman–Crippen LogP) is 7.11. The van der Waals surface area contributed by atoms with Gasteiger partial charge in [-0.25, -0.2) is 27.8 Å². The zero-order chi connectivity index (χ0) is 31.4. The topological polar surface area (TPSA) is 106 Å². The lowest BCUT2D eigenvalue weighted by atomic mass is 9.80. The van der Waals surface area contributed by atoms with Gasteiger partial charge in [-0.15, -0.1) is 0 Å². The van der Waals surface area contributed by atoms with Gasteiger partial charge >= 0.3 is 12.2 Å². The number of likely N-dealkylation sites (tertiary alicyclic amines) is 1. The molecule has 42 heavy (non-hydrogen) atoms. The lowest BCUT2D eigenvalue weighted by molar-refractivity contribution is -0.128. The molecule has 1 aromatic carbocycles. The van der Waals surface area contributed by atoms with E-state index in [1.807, 2.05) is 20.8 Å². The number of hydrogen-bond donors (Lipinski definition) is 1. The Labute approximate surface area is 244 Å². The molecule has 2 heterocycles. The van der Waals surface area contributed by atoms with Crippen LogP contribution in [0.4, 0.5) is 18.4 Å². The number of pyridine rings is 1. The highest BCUT2D eigenvalue weighted by molar-refractivity contribution is 5.94. The predicted molar refractivity (Wildman–Crippen MR) is 153 cm³/mol. The number of aromatic nitrogens is 1. The van der Waals surface area contributed by atoms with Gasteiger partial charge in [-0.2, -0.15) is 0 Å². The molecule has 2 atom stereocenters. The fraction of sp³-hybridized carbons (Fsp3) is 0.562. The van der Waals surface area contributed by atoms with Crippen molar-refractivity contribution in [3.63, 3.8) is 0 Å². The second-order valence-electron chi connectivity index (χ2n) is 13.6. The van der Waals surface area contributed by atoms with Gasteiger partial charge in [0.1, 0.15) is 5.60 Å². The molecular formula is C32H40F2N2O6. The van der Waals surface area contributed by atoms with E-state index in [9.17, 15) is 33.1 Å². The molecule has 1 aliphatic carbocycles. The van der Waals surface area contributed by atoms with Crippen LogP contribution < -0.4 is 5.56 Å². The summed E-state index contributed by atoms with van der Waals surface area (Å²) >= 11 is 0. The third-order valence-electron chi connectivity index (χ3n) is 7.86. The molecule has 1 aromatic heterocycles. The standard InChI is InChI=1S/C32H40F2N2O6/c1-30(2,3)23-17-24(36(28(39)40)27(38)26(23)19-8-9-19)22(18-10-12-20(13-11-18)32(7,33)34)16-21-14-15-25(37)35(21)29(41)42-31(4,5)6/h10-13,17,19,21-22H,8-9,14-16H2,1-7H3,(H,39,40)/t21?,22-/m1/s1. The summed E-state index contributed by atoms with van der Waals surface area (Å²) in [6, 6.07) is 6.62. The Morgan fingerprint density at radius 2 is 1.60 bits per heavy atom. The lowest BCUT2D eigenvalue weighted by Gasteiger charge is -2.31. The molecule has 2 amide bonds. The molecule has 4 rings (SSSR count). The summed E-state index contributed by atoms with van der Waals surface area (Å²) in [7, 11) is 0. The van der Waals surface area contributed by atoms with Crippen LogP contribution in [0.15, 0.2) is 35.1 Å². The molecule has 2 aliphatic rings. The van der Waals surface area contributed by atoms with Gasteiger partial charge in [0, 0.05) is 42.1 Å². The van der Waals surface area contributed by atoms with E-state index in [4.69, 9.17) is 4.74 Å². The summed E-state index contributed by atoms with van der Waals surface area (Å²) in [5.41, 5.74) is -0.299. The summed E-state index contributed by atoms with van der Waals surface area (Å²) in [4.78, 5) is 53.5. The molecular weight excluding hydrogens is 546 g/mol. The van der Waals surface area contributed by atoms with Crippen LogP contribution in [0.5, 0.6) is 0 Å². The summed E-state index contributed by atoms with van der Waals surface area (Å²) in [5, 5.41) is 10.3. The van der Waals surface area contributed by atoms with E-state index in [1.165, 1.54) is 24.3 Å². The molecule has 10 heteroatoms. The van der Waals surface area contributed by atoms with Gasteiger partial charge in [0.05, 0.1) is 0 Å². The Morgan fingerprint density at radius 1 is 1.00 bits per heavy atom. The Morgan fingerprint density at radius 3 is 2.07 bits per heavy atom. The van der Waals surface area contributed by atoms with Crippen LogP contribution >= 0.6 is 0 Å². The fourth-order valence-electron chi connectivity index (χ4n) is 5.72. The highest BCUT2D eigenvalue weighted by Gasteiger charge is 2.42. The fourth-order valence-corrected chi connectivity index (χ4v) is 5.72. The number of hydrogen-bond acceptors (Lipinski definition) is 5. The number of benzene rings is 1. The first-order chi connectivity index (χ1) is 19.3. The monoisotopic (exact) mass is 586 g/mol. The van der Waals surface area contributed by atoms with E-state index in [0.717, 1.165) is 34.8 Å².